The van der Waals surface area contributed by atoms with Crippen LogP contribution in [0, 0.1) is 17.8 Å². The first kappa shape index (κ1) is 11.4. The maximum absolute atomic E-state index is 9.24. The molecular weight excluding hydrogens is 186 g/mol. The molecule has 2 aliphatic rings. The molecule has 88 valence electrons. The van der Waals surface area contributed by atoms with Crippen molar-refractivity contribution in [2.75, 3.05) is 20.1 Å². The molecule has 0 saturated heterocycles. The zero-order chi connectivity index (χ0) is 10.8. The molecule has 0 aliphatic heterocycles. The van der Waals surface area contributed by atoms with Gasteiger partial charge in [0.2, 0.25) is 0 Å². The minimum absolute atomic E-state index is 0.146. The first-order valence-corrected chi connectivity index (χ1v) is 6.51. The van der Waals surface area contributed by atoms with Crippen molar-refractivity contribution in [2.45, 2.75) is 45.1 Å². The molecule has 2 nitrogen and oxygen atoms in total. The smallest absolute Gasteiger partial charge is 0.0524 e. The van der Waals surface area contributed by atoms with Gasteiger partial charge in [0, 0.05) is 13.1 Å². The Kier molecular flexibility index (Phi) is 3.68. The standard InChI is InChI=1S/C13H25NO/c1-10(15)5-6-14(2)9-13-8-11-3-4-12(13)7-11/h10-13,15H,3-9H2,1-2H3. The van der Waals surface area contributed by atoms with Crippen LogP contribution >= 0.6 is 0 Å². The third-order valence-electron chi connectivity index (χ3n) is 4.36. The molecule has 2 fully saturated rings. The van der Waals surface area contributed by atoms with E-state index in [4.69, 9.17) is 0 Å². The predicted octanol–water partition coefficient (Wildman–Crippen LogP) is 2.13. The van der Waals surface area contributed by atoms with Crippen molar-refractivity contribution >= 4 is 0 Å². The van der Waals surface area contributed by atoms with Crippen LogP contribution in [0.1, 0.15) is 39.0 Å². The van der Waals surface area contributed by atoms with Gasteiger partial charge >= 0.3 is 0 Å². The van der Waals surface area contributed by atoms with Gasteiger partial charge in [0.15, 0.2) is 0 Å². The van der Waals surface area contributed by atoms with E-state index in [0.717, 1.165) is 30.7 Å². The van der Waals surface area contributed by atoms with Gasteiger partial charge in [-0.2, -0.15) is 0 Å². The van der Waals surface area contributed by atoms with Crippen molar-refractivity contribution < 1.29 is 5.11 Å². The summed E-state index contributed by atoms with van der Waals surface area (Å²) < 4.78 is 0. The Bertz CT molecular complexity index is 205. The van der Waals surface area contributed by atoms with Crippen molar-refractivity contribution in [1.29, 1.82) is 0 Å². The molecule has 2 aliphatic carbocycles. The summed E-state index contributed by atoms with van der Waals surface area (Å²) in [6.07, 6.45) is 6.74. The van der Waals surface area contributed by atoms with E-state index in [1.165, 1.54) is 32.2 Å². The van der Waals surface area contributed by atoms with Crippen LogP contribution in [-0.4, -0.2) is 36.2 Å². The molecule has 15 heavy (non-hydrogen) atoms. The van der Waals surface area contributed by atoms with E-state index in [9.17, 15) is 5.11 Å². The van der Waals surface area contributed by atoms with Crippen molar-refractivity contribution in [1.82, 2.24) is 4.90 Å². The molecule has 0 heterocycles. The number of nitrogens with zero attached hydrogens (tertiary/aromatic N) is 1. The summed E-state index contributed by atoms with van der Waals surface area (Å²) in [4.78, 5) is 2.41. The number of hydrogen-bond donors (Lipinski definition) is 1. The molecule has 1 N–H and O–H groups in total. The Morgan fingerprint density at radius 2 is 2.13 bits per heavy atom. The van der Waals surface area contributed by atoms with Crippen molar-refractivity contribution in [3.8, 4) is 0 Å². The fourth-order valence-electron chi connectivity index (χ4n) is 3.50. The molecule has 0 aromatic rings. The van der Waals surface area contributed by atoms with Crippen LogP contribution in [0.5, 0.6) is 0 Å². The first-order valence-electron chi connectivity index (χ1n) is 6.51. The minimum atomic E-state index is -0.146. The summed E-state index contributed by atoms with van der Waals surface area (Å²) in [5.41, 5.74) is 0. The van der Waals surface area contributed by atoms with E-state index in [0.29, 0.717) is 0 Å². The zero-order valence-corrected chi connectivity index (χ0v) is 10.2. The van der Waals surface area contributed by atoms with Gasteiger partial charge in [-0.05, 0) is 57.4 Å². The number of rotatable bonds is 5. The minimum Gasteiger partial charge on any atom is -0.393 e. The maximum Gasteiger partial charge on any atom is 0.0524 e. The summed E-state index contributed by atoms with van der Waals surface area (Å²) in [5.74, 6) is 3.05. The van der Waals surface area contributed by atoms with Crippen LogP contribution in [0.25, 0.3) is 0 Å². The topological polar surface area (TPSA) is 23.5 Å². The molecule has 0 spiro atoms. The van der Waals surface area contributed by atoms with Gasteiger partial charge in [0.1, 0.15) is 0 Å². The number of aliphatic hydroxyl groups is 1. The lowest BCUT2D eigenvalue weighted by molar-refractivity contribution is 0.151. The van der Waals surface area contributed by atoms with Crippen LogP contribution in [-0.2, 0) is 0 Å². The number of fused-ring (bicyclic) bond motifs is 2. The van der Waals surface area contributed by atoms with Gasteiger partial charge in [-0.15, -0.1) is 0 Å². The molecular formula is C13H25NO. The van der Waals surface area contributed by atoms with Crippen molar-refractivity contribution in [3.63, 3.8) is 0 Å². The fraction of sp³-hybridized carbons (Fsp3) is 1.00. The average molecular weight is 211 g/mol. The van der Waals surface area contributed by atoms with Gasteiger partial charge in [-0.25, -0.2) is 0 Å². The van der Waals surface area contributed by atoms with Crippen molar-refractivity contribution in [2.24, 2.45) is 17.8 Å². The fourth-order valence-corrected chi connectivity index (χ4v) is 3.50. The Balaban J connectivity index is 1.68. The molecule has 0 radical (unpaired) electrons. The number of aliphatic hydroxyl groups excluding tert-OH is 1. The third-order valence-corrected chi connectivity index (χ3v) is 4.36. The Labute approximate surface area is 93.7 Å². The summed E-state index contributed by atoms with van der Waals surface area (Å²) in [6.45, 7) is 4.19. The molecule has 4 unspecified atom stereocenters. The normalized spacial score (nSPS) is 36.4. The monoisotopic (exact) mass is 211 g/mol. The highest BCUT2D eigenvalue weighted by atomic mass is 16.3. The summed E-state index contributed by atoms with van der Waals surface area (Å²) in [6, 6.07) is 0. The van der Waals surface area contributed by atoms with Crippen LogP contribution in [0.4, 0.5) is 0 Å². The third kappa shape index (κ3) is 2.94. The highest BCUT2D eigenvalue weighted by Gasteiger charge is 2.39. The second-order valence-corrected chi connectivity index (χ2v) is 5.83. The largest absolute Gasteiger partial charge is 0.393 e. The quantitative estimate of drug-likeness (QED) is 0.753. The zero-order valence-electron chi connectivity index (χ0n) is 10.2. The van der Waals surface area contributed by atoms with Crippen LogP contribution in [0.3, 0.4) is 0 Å². The first-order chi connectivity index (χ1) is 7.15. The molecule has 2 rings (SSSR count). The van der Waals surface area contributed by atoms with Gasteiger partial charge in [-0.1, -0.05) is 6.42 Å². The molecule has 2 saturated carbocycles. The summed E-state index contributed by atoms with van der Waals surface area (Å²) in [5, 5.41) is 9.24. The van der Waals surface area contributed by atoms with Gasteiger partial charge in [0.05, 0.1) is 6.10 Å². The molecule has 2 bridgehead atoms. The average Bonchev–Trinajstić information content (AvgIpc) is 2.76. The molecule has 2 heteroatoms. The van der Waals surface area contributed by atoms with E-state index >= 15 is 0 Å². The lowest BCUT2D eigenvalue weighted by atomic mass is 9.88. The molecule has 0 amide bonds. The highest BCUT2D eigenvalue weighted by molar-refractivity contribution is 4.90. The van der Waals surface area contributed by atoms with Crippen LogP contribution < -0.4 is 0 Å². The van der Waals surface area contributed by atoms with Crippen molar-refractivity contribution in [3.05, 3.63) is 0 Å². The van der Waals surface area contributed by atoms with Gasteiger partial charge in [-0.3, -0.25) is 0 Å². The van der Waals surface area contributed by atoms with E-state index in [2.05, 4.69) is 11.9 Å². The van der Waals surface area contributed by atoms with Gasteiger partial charge in [0.25, 0.3) is 0 Å². The maximum atomic E-state index is 9.24. The molecule has 0 aromatic carbocycles. The number of hydrogen-bond acceptors (Lipinski definition) is 2. The summed E-state index contributed by atoms with van der Waals surface area (Å²) >= 11 is 0. The van der Waals surface area contributed by atoms with E-state index < -0.39 is 0 Å². The Hall–Kier alpha value is -0.0800. The second-order valence-electron chi connectivity index (χ2n) is 5.83. The van der Waals surface area contributed by atoms with Crippen LogP contribution in [0.2, 0.25) is 0 Å². The molecule has 4 atom stereocenters. The van der Waals surface area contributed by atoms with Gasteiger partial charge < -0.3 is 10.0 Å². The Morgan fingerprint density at radius 3 is 2.67 bits per heavy atom. The lowest BCUT2D eigenvalue weighted by Crippen LogP contribution is -2.30. The highest BCUT2D eigenvalue weighted by Crippen LogP contribution is 2.48. The summed E-state index contributed by atoms with van der Waals surface area (Å²) in [7, 11) is 2.20. The Morgan fingerprint density at radius 1 is 1.33 bits per heavy atom. The SMILES string of the molecule is CC(O)CCN(C)CC1CC2CCC1C2. The van der Waals surface area contributed by atoms with E-state index in [1.54, 1.807) is 0 Å². The molecule has 0 aromatic heterocycles. The van der Waals surface area contributed by atoms with Crippen LogP contribution in [0.15, 0.2) is 0 Å². The second kappa shape index (κ2) is 4.84. The lowest BCUT2D eigenvalue weighted by Gasteiger charge is -2.27. The van der Waals surface area contributed by atoms with E-state index in [-0.39, 0.29) is 6.10 Å². The predicted molar refractivity (Wildman–Crippen MR) is 62.7 cm³/mol. The van der Waals surface area contributed by atoms with E-state index in [1.807, 2.05) is 6.92 Å².